The fraction of sp³-hybridized carbons (Fsp3) is 0.308. The van der Waals surface area contributed by atoms with E-state index in [2.05, 4.69) is 5.32 Å². The smallest absolute Gasteiger partial charge is 0.372 e. The van der Waals surface area contributed by atoms with E-state index in [1.807, 2.05) is 0 Å². The van der Waals surface area contributed by atoms with Crippen LogP contribution < -0.4 is 5.32 Å². The second-order valence-corrected chi connectivity index (χ2v) is 4.46. The van der Waals surface area contributed by atoms with Gasteiger partial charge in [0.05, 0.1) is 11.8 Å². The molecule has 1 amide bonds. The Hall–Kier alpha value is -2.24. The lowest BCUT2D eigenvalue weighted by Crippen LogP contribution is -2.31. The summed E-state index contributed by atoms with van der Waals surface area (Å²) in [5.74, 6) is -4.82. The number of ketones is 1. The maximum Gasteiger partial charge on any atom is 0.372 e. The van der Waals surface area contributed by atoms with Gasteiger partial charge in [0.25, 0.3) is 0 Å². The first kappa shape index (κ1) is 13.2. The SMILES string of the molecule is O=C(O)C(=O)[C@H]1CNC(=O)[C@@H]1Cc1ccc(F)cc1. The molecule has 19 heavy (non-hydrogen) atoms. The normalized spacial score (nSPS) is 22.1. The van der Waals surface area contributed by atoms with Crippen molar-refractivity contribution in [1.82, 2.24) is 5.32 Å². The largest absolute Gasteiger partial charge is 0.475 e. The molecule has 1 saturated heterocycles. The molecule has 1 fully saturated rings. The Balaban J connectivity index is 2.16. The number of rotatable bonds is 4. The first-order chi connectivity index (χ1) is 8.99. The summed E-state index contributed by atoms with van der Waals surface area (Å²) in [6.07, 6.45) is 0.218. The Morgan fingerprint density at radius 2 is 1.95 bits per heavy atom. The first-order valence-electron chi connectivity index (χ1n) is 5.78. The second-order valence-electron chi connectivity index (χ2n) is 4.46. The van der Waals surface area contributed by atoms with E-state index < -0.39 is 29.4 Å². The molecule has 1 aliphatic heterocycles. The molecular weight excluding hydrogens is 253 g/mol. The van der Waals surface area contributed by atoms with Crippen LogP contribution in [0.25, 0.3) is 0 Å². The Labute approximate surface area is 108 Å². The first-order valence-corrected chi connectivity index (χ1v) is 5.78. The molecule has 2 rings (SSSR count). The standard InChI is InChI=1S/C13H12FNO4/c14-8-3-1-7(2-4-8)5-9-10(6-15-12(9)17)11(16)13(18)19/h1-4,9-10H,5-6H2,(H,15,17)(H,18,19)/t9-,10+/m1/s1. The van der Waals surface area contributed by atoms with Crippen LogP contribution in [0.5, 0.6) is 0 Å². The Morgan fingerprint density at radius 1 is 1.32 bits per heavy atom. The minimum atomic E-state index is -1.54. The molecule has 0 unspecified atom stereocenters. The number of hydrogen-bond donors (Lipinski definition) is 2. The highest BCUT2D eigenvalue weighted by atomic mass is 19.1. The summed E-state index contributed by atoms with van der Waals surface area (Å²) in [5, 5.41) is 11.2. The van der Waals surface area contributed by atoms with Crippen molar-refractivity contribution in [2.75, 3.05) is 6.54 Å². The average molecular weight is 265 g/mol. The average Bonchev–Trinajstić information content (AvgIpc) is 2.73. The number of aliphatic carboxylic acids is 1. The van der Waals surface area contributed by atoms with E-state index in [1.165, 1.54) is 24.3 Å². The lowest BCUT2D eigenvalue weighted by atomic mass is 9.86. The van der Waals surface area contributed by atoms with Crippen LogP contribution in [-0.2, 0) is 20.8 Å². The highest BCUT2D eigenvalue weighted by Gasteiger charge is 2.41. The van der Waals surface area contributed by atoms with Crippen molar-refractivity contribution in [2.24, 2.45) is 11.8 Å². The minimum Gasteiger partial charge on any atom is -0.475 e. The Kier molecular flexibility index (Phi) is 3.59. The van der Waals surface area contributed by atoms with E-state index in [1.54, 1.807) is 0 Å². The molecule has 0 bridgehead atoms. The number of carboxylic acid groups (broad SMARTS) is 1. The van der Waals surface area contributed by atoms with Gasteiger partial charge in [0.1, 0.15) is 5.82 Å². The van der Waals surface area contributed by atoms with Gasteiger partial charge in [-0.1, -0.05) is 12.1 Å². The molecule has 2 atom stereocenters. The van der Waals surface area contributed by atoms with Gasteiger partial charge < -0.3 is 10.4 Å². The van der Waals surface area contributed by atoms with E-state index in [-0.39, 0.29) is 18.9 Å². The zero-order valence-electron chi connectivity index (χ0n) is 9.93. The monoisotopic (exact) mass is 265 g/mol. The third-order valence-electron chi connectivity index (χ3n) is 3.24. The van der Waals surface area contributed by atoms with Crippen LogP contribution in [0.15, 0.2) is 24.3 Å². The Morgan fingerprint density at radius 3 is 2.53 bits per heavy atom. The maximum atomic E-state index is 12.8. The van der Waals surface area contributed by atoms with E-state index >= 15 is 0 Å². The van der Waals surface area contributed by atoms with Gasteiger partial charge in [-0.2, -0.15) is 0 Å². The second kappa shape index (κ2) is 5.17. The van der Waals surface area contributed by atoms with E-state index in [0.717, 1.165) is 0 Å². The highest BCUT2D eigenvalue weighted by Crippen LogP contribution is 2.23. The summed E-state index contributed by atoms with van der Waals surface area (Å²) in [6, 6.07) is 5.55. The zero-order chi connectivity index (χ0) is 14.0. The van der Waals surface area contributed by atoms with Gasteiger partial charge in [0.15, 0.2) is 0 Å². The molecule has 0 aromatic heterocycles. The topological polar surface area (TPSA) is 83.5 Å². The molecular formula is C13H12FNO4. The van der Waals surface area contributed by atoms with Crippen LogP contribution in [0, 0.1) is 17.7 Å². The van der Waals surface area contributed by atoms with Crippen molar-refractivity contribution < 1.29 is 23.9 Å². The van der Waals surface area contributed by atoms with E-state index in [4.69, 9.17) is 5.11 Å². The zero-order valence-corrected chi connectivity index (χ0v) is 9.93. The van der Waals surface area contributed by atoms with Gasteiger partial charge in [0, 0.05) is 6.54 Å². The molecule has 1 aliphatic rings. The van der Waals surface area contributed by atoms with Crippen molar-refractivity contribution in [1.29, 1.82) is 0 Å². The molecule has 1 aromatic carbocycles. The van der Waals surface area contributed by atoms with Crippen molar-refractivity contribution in [3.63, 3.8) is 0 Å². The van der Waals surface area contributed by atoms with Crippen LogP contribution >= 0.6 is 0 Å². The molecule has 1 heterocycles. The van der Waals surface area contributed by atoms with Gasteiger partial charge in [0.2, 0.25) is 11.7 Å². The summed E-state index contributed by atoms with van der Waals surface area (Å²) >= 11 is 0. The number of amides is 1. The highest BCUT2D eigenvalue weighted by molar-refractivity contribution is 6.34. The predicted molar refractivity (Wildman–Crippen MR) is 62.7 cm³/mol. The van der Waals surface area contributed by atoms with Gasteiger partial charge in [-0.25, -0.2) is 9.18 Å². The molecule has 2 N–H and O–H groups in total. The molecule has 0 aliphatic carbocycles. The summed E-state index contributed by atoms with van der Waals surface area (Å²) in [5.41, 5.74) is 0.687. The molecule has 0 spiro atoms. The van der Waals surface area contributed by atoms with Crippen LogP contribution in [-0.4, -0.2) is 29.3 Å². The molecule has 6 heteroatoms. The van der Waals surface area contributed by atoms with Gasteiger partial charge in [-0.3, -0.25) is 9.59 Å². The quantitative estimate of drug-likeness (QED) is 0.771. The van der Waals surface area contributed by atoms with Crippen molar-refractivity contribution in [3.05, 3.63) is 35.6 Å². The van der Waals surface area contributed by atoms with Crippen LogP contribution in [0.3, 0.4) is 0 Å². The summed E-state index contributed by atoms with van der Waals surface area (Å²) in [4.78, 5) is 33.8. The molecule has 0 radical (unpaired) electrons. The van der Waals surface area contributed by atoms with E-state index in [9.17, 15) is 18.8 Å². The predicted octanol–water partition coefficient (Wildman–Crippen LogP) is 0.384. The number of benzene rings is 1. The maximum absolute atomic E-state index is 12.8. The third-order valence-corrected chi connectivity index (χ3v) is 3.24. The lowest BCUT2D eigenvalue weighted by molar-refractivity contribution is -0.151. The van der Waals surface area contributed by atoms with Gasteiger partial charge in [-0.15, -0.1) is 0 Å². The number of nitrogens with one attached hydrogen (secondary N) is 1. The van der Waals surface area contributed by atoms with Crippen LogP contribution in [0.2, 0.25) is 0 Å². The number of halogens is 1. The number of hydrogen-bond acceptors (Lipinski definition) is 3. The van der Waals surface area contributed by atoms with Gasteiger partial charge >= 0.3 is 5.97 Å². The van der Waals surface area contributed by atoms with Crippen LogP contribution in [0.4, 0.5) is 4.39 Å². The van der Waals surface area contributed by atoms with Crippen molar-refractivity contribution in [2.45, 2.75) is 6.42 Å². The number of carboxylic acids is 1. The number of Topliss-reactive ketones (excluding diaryl/α,β-unsaturated/α-hetero) is 1. The number of carbonyl (C=O) groups excluding carboxylic acids is 2. The fourth-order valence-electron chi connectivity index (χ4n) is 2.21. The molecule has 100 valence electrons. The van der Waals surface area contributed by atoms with Crippen molar-refractivity contribution in [3.8, 4) is 0 Å². The van der Waals surface area contributed by atoms with E-state index in [0.29, 0.717) is 5.56 Å². The summed E-state index contributed by atoms with van der Waals surface area (Å²) in [7, 11) is 0. The third kappa shape index (κ3) is 2.78. The fourth-order valence-corrected chi connectivity index (χ4v) is 2.21. The summed E-state index contributed by atoms with van der Waals surface area (Å²) < 4.78 is 12.8. The Bertz CT molecular complexity index is 526. The minimum absolute atomic E-state index is 0.0375. The number of carbonyl (C=O) groups is 3. The molecule has 1 aromatic rings. The lowest BCUT2D eigenvalue weighted by Gasteiger charge is -2.13. The molecule has 0 saturated carbocycles. The van der Waals surface area contributed by atoms with Crippen molar-refractivity contribution >= 4 is 17.7 Å². The molecule has 5 nitrogen and oxygen atoms in total. The summed E-state index contributed by atoms with van der Waals surface area (Å²) in [6.45, 7) is 0.0375. The van der Waals surface area contributed by atoms with Crippen LogP contribution in [0.1, 0.15) is 5.56 Å². The van der Waals surface area contributed by atoms with Gasteiger partial charge in [-0.05, 0) is 24.1 Å².